The molecule has 14 heteroatoms. The van der Waals surface area contributed by atoms with Crippen LogP contribution in [0.2, 0.25) is 0 Å². The fourth-order valence-corrected chi connectivity index (χ4v) is 3.62. The highest BCUT2D eigenvalue weighted by Gasteiger charge is 2.29. The van der Waals surface area contributed by atoms with Crippen LogP contribution >= 0.6 is 12.6 Å². The molecule has 0 fully saturated rings. The first-order valence-corrected chi connectivity index (χ1v) is 13.0. The average molecular weight is 553 g/mol. The first kappa shape index (κ1) is 32.7. The van der Waals surface area contributed by atoms with E-state index >= 15 is 0 Å². The molecule has 212 valence electrons. The Hall–Kier alpha value is -3.36. The number of hydrogen-bond donors (Lipinski definition) is 9. The number of amides is 3. The predicted octanol–water partition coefficient (Wildman–Crippen LogP) is -1.97. The number of carbonyl (C=O) groups is 4. The highest BCUT2D eigenvalue weighted by atomic mass is 32.1. The molecule has 0 aromatic heterocycles. The van der Waals surface area contributed by atoms with Crippen LogP contribution in [0.5, 0.6) is 5.75 Å². The van der Waals surface area contributed by atoms with Crippen molar-refractivity contribution in [3.63, 3.8) is 0 Å². The lowest BCUT2D eigenvalue weighted by atomic mass is 10.0. The number of aldehydes is 1. The second-order valence-electron chi connectivity index (χ2n) is 8.77. The lowest BCUT2D eigenvalue weighted by Crippen LogP contribution is -2.57. The number of aliphatic imine (C=N–C) groups is 1. The van der Waals surface area contributed by atoms with Gasteiger partial charge in [0.1, 0.15) is 24.1 Å². The highest BCUT2D eigenvalue weighted by Crippen LogP contribution is 2.12. The highest BCUT2D eigenvalue weighted by molar-refractivity contribution is 7.80. The van der Waals surface area contributed by atoms with Crippen LogP contribution in [-0.2, 0) is 25.6 Å². The summed E-state index contributed by atoms with van der Waals surface area (Å²) in [6.45, 7) is 0.689. The van der Waals surface area contributed by atoms with Gasteiger partial charge in [0.2, 0.25) is 17.7 Å². The Balaban J connectivity index is 3.08. The van der Waals surface area contributed by atoms with Gasteiger partial charge in [-0.15, -0.1) is 0 Å². The maximum absolute atomic E-state index is 13.3. The van der Waals surface area contributed by atoms with Crippen molar-refractivity contribution in [2.75, 3.05) is 18.8 Å². The molecule has 0 bridgehead atoms. The summed E-state index contributed by atoms with van der Waals surface area (Å²) in [7, 11) is 0. The summed E-state index contributed by atoms with van der Waals surface area (Å²) >= 11 is 4.02. The quantitative estimate of drug-likeness (QED) is 0.0322. The predicted molar refractivity (Wildman–Crippen MR) is 148 cm³/mol. The van der Waals surface area contributed by atoms with Crippen molar-refractivity contribution >= 4 is 42.6 Å². The molecule has 3 amide bonds. The van der Waals surface area contributed by atoms with Gasteiger partial charge in [0.25, 0.3) is 0 Å². The number of hydrogen-bond acceptors (Lipinski definition) is 9. The second-order valence-corrected chi connectivity index (χ2v) is 9.13. The Labute approximate surface area is 228 Å². The third-order valence-electron chi connectivity index (χ3n) is 5.58. The number of guanidine groups is 1. The van der Waals surface area contributed by atoms with Gasteiger partial charge in [-0.05, 0) is 56.3 Å². The van der Waals surface area contributed by atoms with E-state index in [9.17, 15) is 24.3 Å². The van der Waals surface area contributed by atoms with Gasteiger partial charge in [0.05, 0.1) is 12.1 Å². The van der Waals surface area contributed by atoms with E-state index in [1.807, 2.05) is 0 Å². The minimum Gasteiger partial charge on any atom is -0.508 e. The summed E-state index contributed by atoms with van der Waals surface area (Å²) < 4.78 is 0. The summed E-state index contributed by atoms with van der Waals surface area (Å²) in [6, 6.07) is 2.31. The molecule has 0 aliphatic rings. The Morgan fingerprint density at radius 3 is 2.16 bits per heavy atom. The van der Waals surface area contributed by atoms with E-state index in [0.717, 1.165) is 0 Å². The van der Waals surface area contributed by atoms with Crippen LogP contribution in [0.25, 0.3) is 0 Å². The Morgan fingerprint density at radius 2 is 1.58 bits per heavy atom. The minimum atomic E-state index is -1.09. The number of rotatable bonds is 18. The van der Waals surface area contributed by atoms with Gasteiger partial charge < -0.3 is 48.8 Å². The third kappa shape index (κ3) is 12.7. The van der Waals surface area contributed by atoms with Crippen LogP contribution in [-0.4, -0.2) is 78.1 Å². The van der Waals surface area contributed by atoms with Crippen LogP contribution in [0.15, 0.2) is 29.3 Å². The number of phenols is 1. The molecule has 1 rings (SSSR count). The van der Waals surface area contributed by atoms with E-state index in [2.05, 4.69) is 33.6 Å². The molecule has 38 heavy (non-hydrogen) atoms. The van der Waals surface area contributed by atoms with Crippen molar-refractivity contribution in [1.82, 2.24) is 16.0 Å². The number of nitrogens with zero attached hydrogens (tertiary/aromatic N) is 1. The number of nitrogens with two attached hydrogens (primary N) is 4. The van der Waals surface area contributed by atoms with Crippen molar-refractivity contribution in [2.24, 2.45) is 27.9 Å². The van der Waals surface area contributed by atoms with Gasteiger partial charge in [-0.3, -0.25) is 19.4 Å². The Bertz CT molecular complexity index is 927. The summed E-state index contributed by atoms with van der Waals surface area (Å²) in [6.07, 6.45) is 2.98. The monoisotopic (exact) mass is 552 g/mol. The first-order chi connectivity index (χ1) is 18.1. The van der Waals surface area contributed by atoms with Gasteiger partial charge in [-0.2, -0.15) is 12.6 Å². The lowest BCUT2D eigenvalue weighted by molar-refractivity contribution is -0.133. The van der Waals surface area contributed by atoms with Gasteiger partial charge in [-0.1, -0.05) is 12.1 Å². The van der Waals surface area contributed by atoms with E-state index in [1.165, 1.54) is 12.1 Å². The van der Waals surface area contributed by atoms with Crippen LogP contribution in [0.4, 0.5) is 0 Å². The maximum Gasteiger partial charge on any atom is 0.243 e. The summed E-state index contributed by atoms with van der Waals surface area (Å²) in [5, 5.41) is 17.5. The molecule has 4 atom stereocenters. The summed E-state index contributed by atoms with van der Waals surface area (Å²) in [5.74, 6) is -1.78. The summed E-state index contributed by atoms with van der Waals surface area (Å²) in [4.78, 5) is 54.2. The van der Waals surface area contributed by atoms with Crippen molar-refractivity contribution in [1.29, 1.82) is 0 Å². The zero-order chi connectivity index (χ0) is 28.5. The second kappa shape index (κ2) is 18.0. The first-order valence-electron chi connectivity index (χ1n) is 12.4. The van der Waals surface area contributed by atoms with E-state index in [1.54, 1.807) is 12.1 Å². The van der Waals surface area contributed by atoms with Crippen molar-refractivity contribution in [2.45, 2.75) is 62.7 Å². The molecule has 0 spiro atoms. The molecule has 1 aromatic rings. The normalized spacial score (nSPS) is 13.9. The number of benzene rings is 1. The average Bonchev–Trinajstić information content (AvgIpc) is 2.89. The third-order valence-corrected chi connectivity index (χ3v) is 5.98. The molecule has 0 saturated heterocycles. The number of aromatic hydroxyl groups is 1. The fourth-order valence-electron chi connectivity index (χ4n) is 3.45. The number of thiol groups is 1. The zero-order valence-electron chi connectivity index (χ0n) is 21.3. The summed E-state index contributed by atoms with van der Waals surface area (Å²) in [5.41, 5.74) is 22.6. The van der Waals surface area contributed by atoms with Crippen LogP contribution < -0.4 is 38.9 Å². The van der Waals surface area contributed by atoms with Crippen molar-refractivity contribution in [3.8, 4) is 5.75 Å². The van der Waals surface area contributed by atoms with Gasteiger partial charge in [-0.25, -0.2) is 0 Å². The topological polar surface area (TPSA) is 241 Å². The van der Waals surface area contributed by atoms with Gasteiger partial charge in [0.15, 0.2) is 5.96 Å². The zero-order valence-corrected chi connectivity index (χ0v) is 22.2. The molecule has 0 radical (unpaired) electrons. The molecule has 0 heterocycles. The van der Waals surface area contributed by atoms with Crippen molar-refractivity contribution in [3.05, 3.63) is 29.8 Å². The van der Waals surface area contributed by atoms with Crippen LogP contribution in [0.3, 0.4) is 0 Å². The number of unbranched alkanes of at least 4 members (excludes halogenated alkanes) is 1. The number of nitrogens with one attached hydrogen (secondary N) is 3. The fraction of sp³-hybridized carbons (Fsp3) is 0.542. The largest absolute Gasteiger partial charge is 0.508 e. The molecule has 12 N–H and O–H groups in total. The van der Waals surface area contributed by atoms with E-state index in [4.69, 9.17) is 22.9 Å². The smallest absolute Gasteiger partial charge is 0.243 e. The van der Waals surface area contributed by atoms with E-state index in [0.29, 0.717) is 44.1 Å². The van der Waals surface area contributed by atoms with Gasteiger partial charge >= 0.3 is 0 Å². The Kier molecular flexibility index (Phi) is 15.5. The minimum absolute atomic E-state index is 0.0459. The van der Waals surface area contributed by atoms with Crippen LogP contribution in [0.1, 0.15) is 37.7 Å². The molecular weight excluding hydrogens is 512 g/mol. The number of carbonyl (C=O) groups excluding carboxylic acids is 4. The molecular formula is C24H40N8O5S. The SMILES string of the molecule is NCCCC[C@@H](C=O)NC(=O)[C@H](CCCN=C(N)N)NC(=O)[C@H](Cc1ccc(O)cc1)NC(=O)[C@@H](N)CS. The molecule has 0 unspecified atom stereocenters. The van der Waals surface area contributed by atoms with Crippen LogP contribution in [0, 0.1) is 0 Å². The molecule has 0 aliphatic carbocycles. The standard InChI is InChI=1S/C24H40N8O5S/c25-10-2-1-4-16(13-33)30-22(36)19(5-3-11-29-24(27)28)31-23(37)20(32-21(35)18(26)14-38)12-15-6-8-17(34)9-7-15/h6-9,13,16,18-20,34,38H,1-5,10-12,14,25-26H2,(H,30,36)(H,31,37)(H,32,35)(H4,27,28,29)/t16-,18-,19-,20-/m0/s1. The lowest BCUT2D eigenvalue weighted by Gasteiger charge is -2.25. The van der Waals surface area contributed by atoms with E-state index in [-0.39, 0.29) is 36.8 Å². The molecule has 0 aliphatic heterocycles. The van der Waals surface area contributed by atoms with E-state index < -0.39 is 41.9 Å². The van der Waals surface area contributed by atoms with Crippen molar-refractivity contribution < 1.29 is 24.3 Å². The molecule has 1 aromatic carbocycles. The van der Waals surface area contributed by atoms with Gasteiger partial charge in [0, 0.05) is 18.7 Å². The molecule has 0 saturated carbocycles. The maximum atomic E-state index is 13.3. The molecule has 13 nitrogen and oxygen atoms in total. The number of phenolic OH excluding ortho intramolecular Hbond substituents is 1. The Morgan fingerprint density at radius 1 is 0.947 bits per heavy atom.